The van der Waals surface area contributed by atoms with E-state index in [1.807, 2.05) is 24.3 Å². The van der Waals surface area contributed by atoms with Crippen LogP contribution in [0.3, 0.4) is 0 Å². The van der Waals surface area contributed by atoms with Crippen molar-refractivity contribution in [2.24, 2.45) is 0 Å². The summed E-state index contributed by atoms with van der Waals surface area (Å²) < 4.78 is 5.63. The maximum absolute atomic E-state index is 11.9. The summed E-state index contributed by atoms with van der Waals surface area (Å²) in [4.78, 5) is 24.2. The van der Waals surface area contributed by atoms with E-state index in [4.69, 9.17) is 0 Å². The summed E-state index contributed by atoms with van der Waals surface area (Å²) in [6.07, 6.45) is 0. The van der Waals surface area contributed by atoms with E-state index in [-0.39, 0.29) is 5.91 Å². The average Bonchev–Trinajstić information content (AvgIpc) is 2.54. The van der Waals surface area contributed by atoms with E-state index in [0.717, 1.165) is 9.37 Å². The minimum absolute atomic E-state index is 0.0984. The molecule has 114 valence electrons. The summed E-state index contributed by atoms with van der Waals surface area (Å²) in [6.45, 7) is 0. The first-order valence-corrected chi connectivity index (χ1v) is 8.23. The zero-order valence-corrected chi connectivity index (χ0v) is 14.2. The highest BCUT2D eigenvalue weighted by molar-refractivity contribution is 9.10. The van der Waals surface area contributed by atoms with Gasteiger partial charge in [0.25, 0.3) is 0 Å². The molecule has 0 heterocycles. The fourth-order valence-electron chi connectivity index (χ4n) is 1.68. The number of carbonyl (C=O) groups is 2. The van der Waals surface area contributed by atoms with Crippen LogP contribution in [0.25, 0.3) is 0 Å². The van der Waals surface area contributed by atoms with Crippen LogP contribution >= 0.6 is 27.7 Å². The van der Waals surface area contributed by atoms with E-state index in [2.05, 4.69) is 26.0 Å². The molecule has 0 unspecified atom stereocenters. The molecule has 1 amide bonds. The first-order chi connectivity index (χ1) is 10.6. The molecule has 0 atom stereocenters. The molecule has 0 radical (unpaired) electrons. The molecule has 0 aliphatic rings. The van der Waals surface area contributed by atoms with Crippen LogP contribution in [0.4, 0.5) is 5.69 Å². The van der Waals surface area contributed by atoms with E-state index in [1.54, 1.807) is 24.3 Å². The predicted octanol–water partition coefficient (Wildman–Crippen LogP) is 3.97. The Morgan fingerprint density at radius 1 is 1.09 bits per heavy atom. The Kier molecular flexibility index (Phi) is 6.03. The summed E-state index contributed by atoms with van der Waals surface area (Å²) in [5, 5.41) is 2.79. The normalized spacial score (nSPS) is 10.1. The monoisotopic (exact) mass is 379 g/mol. The van der Waals surface area contributed by atoms with Gasteiger partial charge in [-0.3, -0.25) is 4.79 Å². The third-order valence-electron chi connectivity index (χ3n) is 2.77. The summed E-state index contributed by atoms with van der Waals surface area (Å²) >= 11 is 4.83. The maximum Gasteiger partial charge on any atom is 0.337 e. The molecule has 0 spiro atoms. The number of ether oxygens (including phenoxy) is 1. The molecule has 0 aliphatic carbocycles. The lowest BCUT2D eigenvalue weighted by Gasteiger charge is -2.06. The molecule has 0 bridgehead atoms. The second-order valence-electron chi connectivity index (χ2n) is 4.36. The highest BCUT2D eigenvalue weighted by Crippen LogP contribution is 2.21. The summed E-state index contributed by atoms with van der Waals surface area (Å²) in [5.74, 6) is -0.178. The van der Waals surface area contributed by atoms with Gasteiger partial charge in [0.1, 0.15) is 0 Å². The number of hydrogen-bond acceptors (Lipinski definition) is 4. The largest absolute Gasteiger partial charge is 0.465 e. The lowest BCUT2D eigenvalue weighted by atomic mass is 10.2. The van der Waals surface area contributed by atoms with Gasteiger partial charge in [0.15, 0.2) is 0 Å². The highest BCUT2D eigenvalue weighted by Gasteiger charge is 2.07. The zero-order chi connectivity index (χ0) is 15.9. The van der Waals surface area contributed by atoms with Crippen LogP contribution in [-0.4, -0.2) is 24.7 Å². The van der Waals surface area contributed by atoms with Gasteiger partial charge in [-0.2, -0.15) is 0 Å². The van der Waals surface area contributed by atoms with Gasteiger partial charge >= 0.3 is 5.97 Å². The predicted molar refractivity (Wildman–Crippen MR) is 91.3 cm³/mol. The number of halogens is 1. The second kappa shape index (κ2) is 8.00. The van der Waals surface area contributed by atoms with Crippen LogP contribution in [0.1, 0.15) is 10.4 Å². The first kappa shape index (κ1) is 16.6. The summed E-state index contributed by atoms with van der Waals surface area (Å²) in [5.41, 5.74) is 1.10. The number of methoxy groups -OCH3 is 1. The van der Waals surface area contributed by atoms with Crippen LogP contribution in [0.15, 0.2) is 57.9 Å². The Morgan fingerprint density at radius 3 is 2.32 bits per heavy atom. The molecule has 0 saturated heterocycles. The van der Waals surface area contributed by atoms with Gasteiger partial charge in [-0.05, 0) is 48.5 Å². The Labute approximate surface area is 141 Å². The Bertz CT molecular complexity index is 656. The van der Waals surface area contributed by atoms with Gasteiger partial charge in [-0.1, -0.05) is 15.9 Å². The molecule has 22 heavy (non-hydrogen) atoms. The lowest BCUT2D eigenvalue weighted by molar-refractivity contribution is -0.113. The van der Waals surface area contributed by atoms with Crippen LogP contribution in [0.5, 0.6) is 0 Å². The second-order valence-corrected chi connectivity index (χ2v) is 6.32. The number of amides is 1. The third-order valence-corrected chi connectivity index (χ3v) is 4.31. The van der Waals surface area contributed by atoms with Gasteiger partial charge in [0, 0.05) is 15.1 Å². The number of carbonyl (C=O) groups excluding carboxylic acids is 2. The van der Waals surface area contributed by atoms with Gasteiger partial charge in [-0.15, -0.1) is 11.8 Å². The minimum atomic E-state index is -0.399. The van der Waals surface area contributed by atoms with E-state index in [0.29, 0.717) is 17.0 Å². The average molecular weight is 380 g/mol. The molecule has 0 aromatic heterocycles. The Hall–Kier alpha value is -1.79. The highest BCUT2D eigenvalue weighted by atomic mass is 79.9. The number of esters is 1. The van der Waals surface area contributed by atoms with Crippen molar-refractivity contribution in [2.75, 3.05) is 18.2 Å². The molecule has 0 aliphatic heterocycles. The van der Waals surface area contributed by atoms with Gasteiger partial charge < -0.3 is 10.1 Å². The molecule has 0 fully saturated rings. The van der Waals surface area contributed by atoms with Crippen molar-refractivity contribution in [3.05, 3.63) is 58.6 Å². The van der Waals surface area contributed by atoms with Crippen molar-refractivity contribution < 1.29 is 14.3 Å². The minimum Gasteiger partial charge on any atom is -0.465 e. The number of nitrogens with one attached hydrogen (secondary N) is 1. The summed E-state index contributed by atoms with van der Waals surface area (Å²) in [7, 11) is 1.33. The smallest absolute Gasteiger partial charge is 0.337 e. The van der Waals surface area contributed by atoms with Crippen molar-refractivity contribution in [3.63, 3.8) is 0 Å². The molecular weight excluding hydrogens is 366 g/mol. The zero-order valence-electron chi connectivity index (χ0n) is 11.8. The number of anilines is 1. The topological polar surface area (TPSA) is 55.4 Å². The van der Waals surface area contributed by atoms with E-state index >= 15 is 0 Å². The molecule has 1 N–H and O–H groups in total. The molecule has 2 rings (SSSR count). The quantitative estimate of drug-likeness (QED) is 0.630. The Balaban J connectivity index is 1.86. The van der Waals surface area contributed by atoms with Crippen molar-refractivity contribution in [1.29, 1.82) is 0 Å². The van der Waals surface area contributed by atoms with Crippen LogP contribution in [0.2, 0.25) is 0 Å². The van der Waals surface area contributed by atoms with Crippen molar-refractivity contribution in [3.8, 4) is 0 Å². The number of rotatable bonds is 5. The standard InChI is InChI=1S/C16H14BrNO3S/c1-21-16(20)11-2-6-13(7-3-11)18-15(19)10-22-14-8-4-12(17)5-9-14/h2-9H,10H2,1H3,(H,18,19). The molecule has 6 heteroatoms. The number of benzene rings is 2. The fourth-order valence-corrected chi connectivity index (χ4v) is 2.65. The van der Waals surface area contributed by atoms with Crippen molar-refractivity contribution in [1.82, 2.24) is 0 Å². The first-order valence-electron chi connectivity index (χ1n) is 6.45. The molecule has 0 saturated carbocycles. The molecule has 2 aromatic carbocycles. The van der Waals surface area contributed by atoms with Crippen molar-refractivity contribution in [2.45, 2.75) is 4.90 Å². The summed E-state index contributed by atoms with van der Waals surface area (Å²) in [6, 6.07) is 14.4. The number of hydrogen-bond donors (Lipinski definition) is 1. The Morgan fingerprint density at radius 2 is 1.73 bits per heavy atom. The van der Waals surface area contributed by atoms with Crippen molar-refractivity contribution >= 4 is 45.3 Å². The van der Waals surface area contributed by atoms with Gasteiger partial charge in [0.2, 0.25) is 5.91 Å². The van der Waals surface area contributed by atoms with Gasteiger partial charge in [-0.25, -0.2) is 4.79 Å². The van der Waals surface area contributed by atoms with E-state index in [9.17, 15) is 9.59 Å². The molecule has 4 nitrogen and oxygen atoms in total. The van der Waals surface area contributed by atoms with Crippen LogP contribution < -0.4 is 5.32 Å². The molecular formula is C16H14BrNO3S. The molecule has 2 aromatic rings. The lowest BCUT2D eigenvalue weighted by Crippen LogP contribution is -2.14. The van der Waals surface area contributed by atoms with Crippen LogP contribution in [0, 0.1) is 0 Å². The van der Waals surface area contributed by atoms with Gasteiger partial charge in [0.05, 0.1) is 18.4 Å². The third kappa shape index (κ3) is 4.89. The SMILES string of the molecule is COC(=O)c1ccc(NC(=O)CSc2ccc(Br)cc2)cc1. The van der Waals surface area contributed by atoms with E-state index < -0.39 is 5.97 Å². The fraction of sp³-hybridized carbons (Fsp3) is 0.125. The number of thioether (sulfide) groups is 1. The van der Waals surface area contributed by atoms with Crippen LogP contribution in [-0.2, 0) is 9.53 Å². The maximum atomic E-state index is 11.9. The van der Waals surface area contributed by atoms with E-state index in [1.165, 1.54) is 18.9 Å².